The Labute approximate surface area is 232 Å². The first kappa shape index (κ1) is 27.0. The Bertz CT molecular complexity index is 1480. The molecule has 2 aromatic heterocycles. The van der Waals surface area contributed by atoms with Gasteiger partial charge in [-0.05, 0) is 82.2 Å². The highest BCUT2D eigenvalue weighted by Crippen LogP contribution is 2.44. The highest BCUT2D eigenvalue weighted by molar-refractivity contribution is 7.13. The maximum absolute atomic E-state index is 14.1. The van der Waals surface area contributed by atoms with E-state index in [0.717, 1.165) is 40.1 Å². The third kappa shape index (κ3) is 4.52. The first-order valence-electron chi connectivity index (χ1n) is 13.2. The van der Waals surface area contributed by atoms with Gasteiger partial charge in [0.25, 0.3) is 11.8 Å². The Morgan fingerprint density at radius 2 is 2.03 bits per heavy atom. The maximum Gasteiger partial charge on any atom is 0.271 e. The number of ether oxygens (including phenoxy) is 1. The minimum atomic E-state index is -1.05. The van der Waals surface area contributed by atoms with Crippen molar-refractivity contribution in [3.8, 4) is 33.5 Å². The number of benzene rings is 1. The molecule has 5 rings (SSSR count). The normalized spacial score (nSPS) is 19.2. The SMILES string of the molecule is COc1cc2c(cc1C(=O)NC(C)(C)C#N)-c1c(-c3cccs3)cc(C(=O)N3CCC[C@]3(C)[C@@H](C)O)n1CC2. The van der Waals surface area contributed by atoms with Gasteiger partial charge in [0.05, 0.1) is 36.1 Å². The molecule has 39 heavy (non-hydrogen) atoms. The minimum Gasteiger partial charge on any atom is -0.496 e. The molecule has 2 amide bonds. The number of aliphatic hydroxyl groups is 1. The molecule has 1 saturated heterocycles. The van der Waals surface area contributed by atoms with Crippen molar-refractivity contribution in [1.82, 2.24) is 14.8 Å². The molecule has 0 unspecified atom stereocenters. The molecule has 204 valence electrons. The van der Waals surface area contributed by atoms with Gasteiger partial charge in [-0.3, -0.25) is 9.59 Å². The first-order chi connectivity index (χ1) is 18.5. The van der Waals surface area contributed by atoms with Crippen LogP contribution < -0.4 is 10.1 Å². The van der Waals surface area contributed by atoms with E-state index in [9.17, 15) is 20.0 Å². The van der Waals surface area contributed by atoms with Crippen LogP contribution in [0, 0.1) is 11.3 Å². The molecule has 0 bridgehead atoms. The van der Waals surface area contributed by atoms with E-state index in [0.29, 0.717) is 36.5 Å². The smallest absolute Gasteiger partial charge is 0.271 e. The van der Waals surface area contributed by atoms with Gasteiger partial charge in [-0.2, -0.15) is 5.26 Å². The highest BCUT2D eigenvalue weighted by Gasteiger charge is 2.44. The van der Waals surface area contributed by atoms with E-state index in [2.05, 4.69) is 16.0 Å². The molecular weight excluding hydrogens is 512 g/mol. The van der Waals surface area contributed by atoms with Crippen molar-refractivity contribution in [1.29, 1.82) is 5.26 Å². The summed E-state index contributed by atoms with van der Waals surface area (Å²) in [6.45, 7) is 8.20. The molecule has 2 aliphatic heterocycles. The number of rotatable bonds is 6. The lowest BCUT2D eigenvalue weighted by atomic mass is 9.92. The number of nitriles is 1. The molecule has 0 saturated carbocycles. The van der Waals surface area contributed by atoms with Crippen LogP contribution in [0.4, 0.5) is 0 Å². The van der Waals surface area contributed by atoms with Crippen LogP contribution >= 0.6 is 11.3 Å². The van der Waals surface area contributed by atoms with Crippen molar-refractivity contribution in [3.63, 3.8) is 0 Å². The number of thiophene rings is 1. The summed E-state index contributed by atoms with van der Waals surface area (Å²) in [7, 11) is 1.53. The zero-order chi connectivity index (χ0) is 28.1. The average molecular weight is 547 g/mol. The Hall–Kier alpha value is -3.61. The first-order valence-corrected chi connectivity index (χ1v) is 14.1. The van der Waals surface area contributed by atoms with Crippen molar-refractivity contribution in [2.45, 2.75) is 70.7 Å². The predicted octanol–water partition coefficient (Wildman–Crippen LogP) is 4.86. The number of nitrogens with one attached hydrogen (secondary N) is 1. The predicted molar refractivity (Wildman–Crippen MR) is 151 cm³/mol. The molecule has 0 aliphatic carbocycles. The van der Waals surface area contributed by atoms with Crippen LogP contribution in [-0.4, -0.2) is 57.2 Å². The van der Waals surface area contributed by atoms with Crippen LogP contribution in [0.15, 0.2) is 35.7 Å². The Morgan fingerprint density at radius 1 is 1.26 bits per heavy atom. The lowest BCUT2D eigenvalue weighted by Crippen LogP contribution is -2.52. The number of aromatic nitrogens is 1. The summed E-state index contributed by atoms with van der Waals surface area (Å²) in [4.78, 5) is 30.2. The van der Waals surface area contributed by atoms with Crippen molar-refractivity contribution >= 4 is 23.2 Å². The molecule has 4 heterocycles. The number of likely N-dealkylation sites (tertiary alicyclic amines) is 1. The van der Waals surface area contributed by atoms with Gasteiger partial charge in [-0.25, -0.2) is 0 Å². The highest BCUT2D eigenvalue weighted by atomic mass is 32.1. The number of methoxy groups -OCH3 is 1. The van der Waals surface area contributed by atoms with Crippen LogP contribution in [0.2, 0.25) is 0 Å². The number of carbonyl (C=O) groups excluding carboxylic acids is 2. The Kier molecular flexibility index (Phi) is 6.81. The number of aryl methyl sites for hydroxylation is 1. The molecule has 9 heteroatoms. The Morgan fingerprint density at radius 3 is 2.67 bits per heavy atom. The number of fused-ring (bicyclic) bond motifs is 3. The fourth-order valence-electron chi connectivity index (χ4n) is 5.77. The van der Waals surface area contributed by atoms with E-state index in [1.54, 1.807) is 32.1 Å². The summed E-state index contributed by atoms with van der Waals surface area (Å²) >= 11 is 1.60. The number of amides is 2. The molecule has 1 fully saturated rings. The summed E-state index contributed by atoms with van der Waals surface area (Å²) in [5.74, 6) is -0.0481. The largest absolute Gasteiger partial charge is 0.496 e. The summed E-state index contributed by atoms with van der Waals surface area (Å²) in [5, 5.41) is 24.8. The summed E-state index contributed by atoms with van der Waals surface area (Å²) in [6, 6.07) is 11.8. The quantitative estimate of drug-likeness (QED) is 0.459. The van der Waals surface area contributed by atoms with E-state index >= 15 is 0 Å². The Balaban J connectivity index is 1.68. The van der Waals surface area contributed by atoms with Crippen LogP contribution in [-0.2, 0) is 13.0 Å². The molecular formula is C30H34N4O4S. The number of aliphatic hydroxyl groups excluding tert-OH is 1. The van der Waals surface area contributed by atoms with E-state index in [1.165, 1.54) is 7.11 Å². The van der Waals surface area contributed by atoms with Crippen molar-refractivity contribution in [2.75, 3.05) is 13.7 Å². The number of carbonyl (C=O) groups is 2. The van der Waals surface area contributed by atoms with Gasteiger partial charge in [-0.1, -0.05) is 6.07 Å². The van der Waals surface area contributed by atoms with Crippen LogP contribution in [0.1, 0.15) is 66.9 Å². The third-order valence-electron chi connectivity index (χ3n) is 8.16. The van der Waals surface area contributed by atoms with Crippen LogP contribution in [0.3, 0.4) is 0 Å². The van der Waals surface area contributed by atoms with Crippen molar-refractivity contribution in [2.24, 2.45) is 0 Å². The van der Waals surface area contributed by atoms with Gasteiger partial charge in [0.2, 0.25) is 0 Å². The van der Waals surface area contributed by atoms with Gasteiger partial charge in [0.1, 0.15) is 17.0 Å². The van der Waals surface area contributed by atoms with Gasteiger partial charge in [0.15, 0.2) is 0 Å². The lowest BCUT2D eigenvalue weighted by molar-refractivity contribution is 0.0145. The number of hydrogen-bond acceptors (Lipinski definition) is 6. The zero-order valence-corrected chi connectivity index (χ0v) is 23.8. The topological polar surface area (TPSA) is 108 Å². The van der Waals surface area contributed by atoms with E-state index in [1.807, 2.05) is 47.5 Å². The third-order valence-corrected chi connectivity index (χ3v) is 9.07. The van der Waals surface area contributed by atoms with Crippen molar-refractivity contribution < 1.29 is 19.4 Å². The minimum absolute atomic E-state index is 0.0920. The molecule has 2 aliphatic rings. The maximum atomic E-state index is 14.1. The van der Waals surface area contributed by atoms with Crippen LogP contribution in [0.5, 0.6) is 5.75 Å². The summed E-state index contributed by atoms with van der Waals surface area (Å²) < 4.78 is 7.66. The van der Waals surface area contributed by atoms with Gasteiger partial charge < -0.3 is 24.6 Å². The molecule has 0 spiro atoms. The van der Waals surface area contributed by atoms with Crippen LogP contribution in [0.25, 0.3) is 21.7 Å². The molecule has 2 atom stereocenters. The average Bonchev–Trinajstić information content (AvgIpc) is 3.66. The molecule has 2 N–H and O–H groups in total. The second-order valence-electron chi connectivity index (χ2n) is 11.2. The van der Waals surface area contributed by atoms with E-state index in [-0.39, 0.29) is 5.91 Å². The standard InChI is InChI=1S/C30H34N4O4S/c1-18(35)30(4)10-7-11-34(30)28(37)23-16-22(25-8-6-13-39-25)26-20-15-21(27(36)32-29(2,3)17-31)24(38-5)14-19(20)9-12-33(23)26/h6,8,13-16,18,35H,7,9-12H2,1-5H3,(H,32,36)/t18-,30-/m1/s1. The summed E-state index contributed by atoms with van der Waals surface area (Å²) in [5.41, 5.74) is 2.96. The zero-order valence-electron chi connectivity index (χ0n) is 23.0. The molecule has 1 aromatic carbocycles. The second-order valence-corrected chi connectivity index (χ2v) is 12.1. The number of nitrogens with zero attached hydrogens (tertiary/aromatic N) is 3. The molecule has 3 aromatic rings. The van der Waals surface area contributed by atoms with Gasteiger partial charge in [-0.15, -0.1) is 11.3 Å². The second kappa shape index (κ2) is 9.85. The molecule has 8 nitrogen and oxygen atoms in total. The van der Waals surface area contributed by atoms with E-state index < -0.39 is 23.1 Å². The number of hydrogen-bond donors (Lipinski definition) is 2. The van der Waals surface area contributed by atoms with E-state index in [4.69, 9.17) is 4.74 Å². The van der Waals surface area contributed by atoms with Gasteiger partial charge >= 0.3 is 0 Å². The van der Waals surface area contributed by atoms with Gasteiger partial charge in [0, 0.05) is 29.1 Å². The summed E-state index contributed by atoms with van der Waals surface area (Å²) in [6.07, 6.45) is 1.61. The monoisotopic (exact) mass is 546 g/mol. The van der Waals surface area contributed by atoms with Crippen molar-refractivity contribution in [3.05, 3.63) is 52.5 Å². The lowest BCUT2D eigenvalue weighted by Gasteiger charge is -2.38. The fourth-order valence-corrected chi connectivity index (χ4v) is 6.51. The molecule has 0 radical (unpaired) electrons. The fraction of sp³-hybridized carbons (Fsp3) is 0.433.